The number of pyridine rings is 1. The Hall–Kier alpha value is -1.99. The summed E-state index contributed by atoms with van der Waals surface area (Å²) in [6.45, 7) is 0. The van der Waals surface area contributed by atoms with Gasteiger partial charge in [0.2, 0.25) is 0 Å². The highest BCUT2D eigenvalue weighted by Crippen LogP contribution is 2.23. The van der Waals surface area contributed by atoms with E-state index in [0.717, 1.165) is 0 Å². The molecule has 2 atom stereocenters. The maximum atomic E-state index is 11.0. The summed E-state index contributed by atoms with van der Waals surface area (Å²) >= 11 is 0. The van der Waals surface area contributed by atoms with Crippen molar-refractivity contribution >= 4 is 17.0 Å². The number of aromatic amines is 1. The van der Waals surface area contributed by atoms with Crippen LogP contribution in [0.4, 0.5) is 0 Å². The first-order chi connectivity index (χ1) is 8.63. The van der Waals surface area contributed by atoms with Gasteiger partial charge in [-0.25, -0.2) is 4.98 Å². The first-order valence-electron chi connectivity index (χ1n) is 5.35. The van der Waals surface area contributed by atoms with Gasteiger partial charge in [0.15, 0.2) is 5.65 Å². The molecule has 3 N–H and O–H groups in total. The van der Waals surface area contributed by atoms with Crippen molar-refractivity contribution in [3.63, 3.8) is 0 Å². The minimum Gasteiger partial charge on any atom is -0.469 e. The molecule has 96 valence electrons. The van der Waals surface area contributed by atoms with E-state index in [2.05, 4.69) is 19.9 Å². The Balaban J connectivity index is 2.22. The lowest BCUT2D eigenvalue weighted by molar-refractivity contribution is -0.144. The highest BCUT2D eigenvalue weighted by molar-refractivity contribution is 5.78. The van der Waals surface area contributed by atoms with E-state index in [4.69, 9.17) is 0 Å². The summed E-state index contributed by atoms with van der Waals surface area (Å²) in [5.41, 5.74) is 0.770. The van der Waals surface area contributed by atoms with Crippen LogP contribution in [0.25, 0.3) is 11.0 Å². The monoisotopic (exact) mass is 251 g/mol. The number of rotatable bonds is 4. The molecule has 0 saturated carbocycles. The highest BCUT2D eigenvalue weighted by Gasteiger charge is 2.25. The predicted octanol–water partition coefficient (Wildman–Crippen LogP) is -0.0847. The minimum atomic E-state index is -1.26. The molecule has 7 nitrogen and oxygen atoms in total. The van der Waals surface area contributed by atoms with Crippen LogP contribution >= 0.6 is 0 Å². The summed E-state index contributed by atoms with van der Waals surface area (Å²) in [4.78, 5) is 15.0. The molecule has 7 heteroatoms. The van der Waals surface area contributed by atoms with Crippen LogP contribution in [0.2, 0.25) is 0 Å². The van der Waals surface area contributed by atoms with Crippen LogP contribution in [0.15, 0.2) is 18.3 Å². The van der Waals surface area contributed by atoms with Crippen LogP contribution in [0.1, 0.15) is 18.2 Å². The molecule has 2 rings (SSSR count). The molecule has 0 spiro atoms. The number of hydrogen-bond donors (Lipinski definition) is 3. The molecule has 2 aromatic heterocycles. The first-order valence-corrected chi connectivity index (χ1v) is 5.35. The van der Waals surface area contributed by atoms with Gasteiger partial charge in [-0.05, 0) is 12.1 Å². The molecule has 0 radical (unpaired) electrons. The molecular weight excluding hydrogens is 238 g/mol. The van der Waals surface area contributed by atoms with Crippen LogP contribution in [0.3, 0.4) is 0 Å². The van der Waals surface area contributed by atoms with Crippen molar-refractivity contribution in [2.24, 2.45) is 0 Å². The fraction of sp³-hybridized carbons (Fsp3) is 0.364. The van der Waals surface area contributed by atoms with Crippen molar-refractivity contribution in [2.45, 2.75) is 18.6 Å². The molecule has 0 aliphatic rings. The van der Waals surface area contributed by atoms with Crippen molar-refractivity contribution in [2.75, 3.05) is 7.11 Å². The molecule has 0 bridgehead atoms. The molecule has 0 aliphatic heterocycles. The maximum Gasteiger partial charge on any atom is 0.308 e. The quantitative estimate of drug-likeness (QED) is 0.656. The minimum absolute atomic E-state index is 0.293. The number of esters is 1. The summed E-state index contributed by atoms with van der Waals surface area (Å²) in [6.07, 6.45) is -1.23. The summed E-state index contributed by atoms with van der Waals surface area (Å²) in [7, 11) is 1.22. The van der Waals surface area contributed by atoms with Crippen LogP contribution in [-0.2, 0) is 9.53 Å². The summed E-state index contributed by atoms with van der Waals surface area (Å²) in [5.74, 6) is -0.594. The van der Waals surface area contributed by atoms with Crippen molar-refractivity contribution in [3.8, 4) is 0 Å². The van der Waals surface area contributed by atoms with Gasteiger partial charge in [0.25, 0.3) is 0 Å². The molecule has 0 amide bonds. The Morgan fingerprint density at radius 2 is 2.33 bits per heavy atom. The first kappa shape index (κ1) is 12.5. The van der Waals surface area contributed by atoms with Gasteiger partial charge in [0.05, 0.1) is 25.3 Å². The number of carbonyl (C=O) groups excluding carboxylic acids is 1. The van der Waals surface area contributed by atoms with E-state index in [1.807, 2.05) is 0 Å². The zero-order valence-electron chi connectivity index (χ0n) is 9.70. The molecule has 0 aromatic carbocycles. The van der Waals surface area contributed by atoms with E-state index in [-0.39, 0.29) is 6.42 Å². The number of nitrogens with zero attached hydrogens (tertiary/aromatic N) is 2. The molecule has 18 heavy (non-hydrogen) atoms. The van der Waals surface area contributed by atoms with Gasteiger partial charge < -0.3 is 14.9 Å². The lowest BCUT2D eigenvalue weighted by Crippen LogP contribution is -2.23. The second-order valence-corrected chi connectivity index (χ2v) is 3.80. The van der Waals surface area contributed by atoms with Gasteiger partial charge in [-0.2, -0.15) is 5.10 Å². The van der Waals surface area contributed by atoms with E-state index in [9.17, 15) is 15.0 Å². The number of aromatic nitrogens is 3. The fourth-order valence-electron chi connectivity index (χ4n) is 1.65. The molecular formula is C11H13N3O4. The third kappa shape index (κ3) is 2.31. The van der Waals surface area contributed by atoms with E-state index in [1.54, 1.807) is 18.3 Å². The third-order valence-corrected chi connectivity index (χ3v) is 2.62. The lowest BCUT2D eigenvalue weighted by atomic mass is 10.1. The van der Waals surface area contributed by atoms with Crippen molar-refractivity contribution in [3.05, 3.63) is 24.0 Å². The number of H-pyrrole nitrogens is 1. The second kappa shape index (κ2) is 5.11. The molecule has 2 heterocycles. The average Bonchev–Trinajstić information content (AvgIpc) is 2.81. The van der Waals surface area contributed by atoms with Crippen LogP contribution in [-0.4, -0.2) is 44.6 Å². The van der Waals surface area contributed by atoms with Gasteiger partial charge in [-0.15, -0.1) is 0 Å². The number of aliphatic hydroxyl groups is 2. The molecule has 0 fully saturated rings. The van der Waals surface area contributed by atoms with Gasteiger partial charge in [0.1, 0.15) is 6.10 Å². The maximum absolute atomic E-state index is 11.0. The van der Waals surface area contributed by atoms with Gasteiger partial charge >= 0.3 is 5.97 Å². The largest absolute Gasteiger partial charge is 0.469 e. The zero-order chi connectivity index (χ0) is 13.1. The van der Waals surface area contributed by atoms with Crippen molar-refractivity contribution < 1.29 is 19.7 Å². The number of carbonyl (C=O) groups is 1. The van der Waals surface area contributed by atoms with E-state index < -0.39 is 18.2 Å². The van der Waals surface area contributed by atoms with Crippen LogP contribution < -0.4 is 0 Å². The Morgan fingerprint density at radius 3 is 3.06 bits per heavy atom. The molecule has 0 saturated heterocycles. The van der Waals surface area contributed by atoms with E-state index in [1.165, 1.54) is 7.11 Å². The Kier molecular flexibility index (Phi) is 3.54. The summed E-state index contributed by atoms with van der Waals surface area (Å²) in [5, 5.41) is 26.8. The normalized spacial score (nSPS) is 14.4. The number of methoxy groups -OCH3 is 1. The van der Waals surface area contributed by atoms with Crippen LogP contribution in [0.5, 0.6) is 0 Å². The van der Waals surface area contributed by atoms with Crippen molar-refractivity contribution in [1.29, 1.82) is 0 Å². The van der Waals surface area contributed by atoms with Crippen LogP contribution in [0, 0.1) is 0 Å². The lowest BCUT2D eigenvalue weighted by Gasteiger charge is -2.15. The predicted molar refractivity (Wildman–Crippen MR) is 61.5 cm³/mol. The molecule has 0 aliphatic carbocycles. The zero-order valence-corrected chi connectivity index (χ0v) is 9.70. The topological polar surface area (TPSA) is 108 Å². The highest BCUT2D eigenvalue weighted by atomic mass is 16.5. The average molecular weight is 251 g/mol. The molecule has 2 unspecified atom stereocenters. The SMILES string of the molecule is COC(=O)CC(O)C(O)c1[nH]nc2ncccc12. The number of aliphatic hydroxyl groups excluding tert-OH is 2. The van der Waals surface area contributed by atoms with Gasteiger partial charge in [-0.3, -0.25) is 9.89 Å². The number of ether oxygens (including phenoxy) is 1. The van der Waals surface area contributed by atoms with Gasteiger partial charge in [-0.1, -0.05) is 0 Å². The smallest absolute Gasteiger partial charge is 0.308 e. The molecule has 2 aromatic rings. The van der Waals surface area contributed by atoms with E-state index >= 15 is 0 Å². The summed E-state index contributed by atoms with van der Waals surface area (Å²) < 4.78 is 4.43. The standard InChI is InChI=1S/C11H13N3O4/c1-18-8(16)5-7(15)10(17)9-6-3-2-4-12-11(6)14-13-9/h2-4,7,10,15,17H,5H2,1H3,(H,12,13,14). The van der Waals surface area contributed by atoms with Crippen molar-refractivity contribution in [1.82, 2.24) is 15.2 Å². The Labute approximate surface area is 102 Å². The van der Waals surface area contributed by atoms with Gasteiger partial charge in [0, 0.05) is 11.6 Å². The fourth-order valence-corrected chi connectivity index (χ4v) is 1.65. The number of hydrogen-bond acceptors (Lipinski definition) is 6. The van der Waals surface area contributed by atoms with E-state index in [0.29, 0.717) is 16.7 Å². The number of fused-ring (bicyclic) bond motifs is 1. The Morgan fingerprint density at radius 1 is 1.56 bits per heavy atom. The summed E-state index contributed by atoms with van der Waals surface area (Å²) in [6, 6.07) is 3.41. The Bertz CT molecular complexity index is 554. The second-order valence-electron chi connectivity index (χ2n) is 3.80. The number of nitrogens with one attached hydrogen (secondary N) is 1. The third-order valence-electron chi connectivity index (χ3n) is 2.62.